The van der Waals surface area contributed by atoms with E-state index in [0.29, 0.717) is 0 Å². The molecule has 0 aliphatic carbocycles. The Morgan fingerprint density at radius 1 is 1.04 bits per heavy atom. The van der Waals surface area contributed by atoms with Gasteiger partial charge in [-0.25, -0.2) is 0 Å². The number of hydrogen-bond acceptors (Lipinski definition) is 2. The van der Waals surface area contributed by atoms with Gasteiger partial charge in [0.05, 0.1) is 6.54 Å². The predicted molar refractivity (Wildman–Crippen MR) is 101 cm³/mol. The molecule has 0 spiro atoms. The van der Waals surface area contributed by atoms with Gasteiger partial charge < -0.3 is 10.6 Å². The van der Waals surface area contributed by atoms with E-state index in [4.69, 9.17) is 0 Å². The Morgan fingerprint density at radius 3 is 2.22 bits per heavy atom. The fourth-order valence-electron chi connectivity index (χ4n) is 2.20. The van der Waals surface area contributed by atoms with Gasteiger partial charge in [0.25, 0.3) is 0 Å². The molecular formula is C19H23BrN2O. The van der Waals surface area contributed by atoms with Gasteiger partial charge in [-0.2, -0.15) is 0 Å². The molecule has 2 aromatic carbocycles. The van der Waals surface area contributed by atoms with Gasteiger partial charge in [0.2, 0.25) is 5.91 Å². The number of benzene rings is 2. The number of aryl methyl sites for hydroxylation is 1. The molecule has 0 radical (unpaired) electrons. The summed E-state index contributed by atoms with van der Waals surface area (Å²) in [5.41, 5.74) is 4.25. The largest absolute Gasteiger partial charge is 0.376 e. The van der Waals surface area contributed by atoms with Crippen molar-refractivity contribution >= 4 is 33.2 Å². The van der Waals surface area contributed by atoms with Crippen LogP contribution >= 0.6 is 15.9 Å². The maximum atomic E-state index is 12.0. The number of hydrogen-bond donors (Lipinski definition) is 2. The number of anilines is 2. The third kappa shape index (κ3) is 5.10. The summed E-state index contributed by atoms with van der Waals surface area (Å²) in [6.07, 6.45) is 0. The second kappa shape index (κ2) is 7.18. The number of halogens is 1. The molecule has 0 bridgehead atoms. The molecule has 0 aromatic heterocycles. The van der Waals surface area contributed by atoms with Gasteiger partial charge in [-0.05, 0) is 53.8 Å². The van der Waals surface area contributed by atoms with Crippen molar-refractivity contribution in [1.82, 2.24) is 0 Å². The summed E-state index contributed by atoms with van der Waals surface area (Å²) < 4.78 is 1.06. The second-order valence-corrected chi connectivity index (χ2v) is 7.55. The van der Waals surface area contributed by atoms with Crippen LogP contribution in [0.15, 0.2) is 46.9 Å². The summed E-state index contributed by atoms with van der Waals surface area (Å²) >= 11 is 3.47. The van der Waals surface area contributed by atoms with Crippen molar-refractivity contribution in [3.8, 4) is 0 Å². The molecule has 0 fully saturated rings. The average molecular weight is 375 g/mol. The fourth-order valence-corrected chi connectivity index (χ4v) is 2.44. The Kier molecular flexibility index (Phi) is 5.47. The predicted octanol–water partition coefficient (Wildman–Crippen LogP) is 5.11. The fraction of sp³-hybridized carbons (Fsp3) is 0.316. The third-order valence-electron chi connectivity index (χ3n) is 3.65. The van der Waals surface area contributed by atoms with Gasteiger partial charge in [-0.3, -0.25) is 4.79 Å². The molecule has 0 saturated carbocycles. The molecule has 0 heterocycles. The van der Waals surface area contributed by atoms with Crippen molar-refractivity contribution in [2.45, 2.75) is 33.1 Å². The Morgan fingerprint density at radius 2 is 1.65 bits per heavy atom. The van der Waals surface area contributed by atoms with Crippen molar-refractivity contribution < 1.29 is 4.79 Å². The number of amides is 1. The maximum Gasteiger partial charge on any atom is 0.243 e. The molecule has 0 atom stereocenters. The zero-order valence-electron chi connectivity index (χ0n) is 14.0. The van der Waals surface area contributed by atoms with Crippen molar-refractivity contribution in [2.24, 2.45) is 0 Å². The standard InChI is InChI=1S/C19H23BrN2O/c1-13-11-16(9-10-17(13)20)21-12-18(23)22-15-7-5-14(6-8-15)19(2,3)4/h5-11,21H,12H2,1-4H3,(H,22,23). The molecule has 4 heteroatoms. The van der Waals surface area contributed by atoms with Crippen molar-refractivity contribution in [3.05, 3.63) is 58.1 Å². The van der Waals surface area contributed by atoms with E-state index in [2.05, 4.69) is 59.5 Å². The van der Waals surface area contributed by atoms with Crippen LogP contribution in [-0.4, -0.2) is 12.5 Å². The Labute approximate surface area is 146 Å². The maximum absolute atomic E-state index is 12.0. The van der Waals surface area contributed by atoms with Gasteiger partial charge in [-0.15, -0.1) is 0 Å². The summed E-state index contributed by atoms with van der Waals surface area (Å²) in [5.74, 6) is -0.0610. The zero-order chi connectivity index (χ0) is 17.0. The van der Waals surface area contributed by atoms with Gasteiger partial charge in [0, 0.05) is 15.8 Å². The molecule has 0 saturated heterocycles. The van der Waals surface area contributed by atoms with Crippen molar-refractivity contribution in [3.63, 3.8) is 0 Å². The van der Waals surface area contributed by atoms with E-state index in [1.54, 1.807) is 0 Å². The number of rotatable bonds is 4. The van der Waals surface area contributed by atoms with E-state index in [-0.39, 0.29) is 17.9 Å². The first kappa shape index (κ1) is 17.5. The van der Waals surface area contributed by atoms with Crippen LogP contribution < -0.4 is 10.6 Å². The van der Waals surface area contributed by atoms with E-state index in [1.165, 1.54) is 5.56 Å². The van der Waals surface area contributed by atoms with Crippen LogP contribution in [0.2, 0.25) is 0 Å². The first-order chi connectivity index (χ1) is 10.8. The van der Waals surface area contributed by atoms with Crippen LogP contribution in [0, 0.1) is 6.92 Å². The molecule has 23 heavy (non-hydrogen) atoms. The van der Waals surface area contributed by atoms with Crippen LogP contribution in [0.4, 0.5) is 11.4 Å². The second-order valence-electron chi connectivity index (χ2n) is 6.69. The summed E-state index contributed by atoms with van der Waals surface area (Å²) in [6, 6.07) is 13.9. The van der Waals surface area contributed by atoms with Crippen LogP contribution in [0.25, 0.3) is 0 Å². The van der Waals surface area contributed by atoms with E-state index in [9.17, 15) is 4.79 Å². The molecule has 1 amide bonds. The minimum absolute atomic E-state index is 0.0610. The monoisotopic (exact) mass is 374 g/mol. The molecule has 2 N–H and O–H groups in total. The van der Waals surface area contributed by atoms with Crippen molar-refractivity contribution in [1.29, 1.82) is 0 Å². The Bertz CT molecular complexity index is 688. The Hall–Kier alpha value is -1.81. The molecule has 3 nitrogen and oxygen atoms in total. The molecule has 2 aromatic rings. The topological polar surface area (TPSA) is 41.1 Å². The van der Waals surface area contributed by atoms with E-state index in [0.717, 1.165) is 21.4 Å². The summed E-state index contributed by atoms with van der Waals surface area (Å²) in [4.78, 5) is 12.0. The molecule has 0 aliphatic heterocycles. The molecular weight excluding hydrogens is 352 g/mol. The number of carbonyl (C=O) groups is 1. The minimum Gasteiger partial charge on any atom is -0.376 e. The van der Waals surface area contributed by atoms with E-state index >= 15 is 0 Å². The molecule has 0 unspecified atom stereocenters. The first-order valence-electron chi connectivity index (χ1n) is 7.66. The van der Waals surface area contributed by atoms with E-state index in [1.807, 2.05) is 37.3 Å². The molecule has 122 valence electrons. The normalized spacial score (nSPS) is 11.2. The van der Waals surface area contributed by atoms with Crippen molar-refractivity contribution in [2.75, 3.05) is 17.2 Å². The lowest BCUT2D eigenvalue weighted by molar-refractivity contribution is -0.114. The highest BCUT2D eigenvalue weighted by Crippen LogP contribution is 2.23. The highest BCUT2D eigenvalue weighted by atomic mass is 79.9. The van der Waals surface area contributed by atoms with Crippen LogP contribution in [0.1, 0.15) is 31.9 Å². The average Bonchev–Trinajstić information content (AvgIpc) is 2.48. The van der Waals surface area contributed by atoms with Crippen LogP contribution in [-0.2, 0) is 10.2 Å². The highest BCUT2D eigenvalue weighted by molar-refractivity contribution is 9.10. The minimum atomic E-state index is -0.0610. The third-order valence-corrected chi connectivity index (χ3v) is 4.54. The SMILES string of the molecule is Cc1cc(NCC(=O)Nc2ccc(C(C)(C)C)cc2)ccc1Br. The summed E-state index contributed by atoms with van der Waals surface area (Å²) in [6.45, 7) is 8.77. The lowest BCUT2D eigenvalue weighted by Gasteiger charge is -2.19. The van der Waals surface area contributed by atoms with Gasteiger partial charge in [-0.1, -0.05) is 48.8 Å². The zero-order valence-corrected chi connectivity index (χ0v) is 15.6. The highest BCUT2D eigenvalue weighted by Gasteiger charge is 2.13. The molecule has 0 aliphatic rings. The quantitative estimate of drug-likeness (QED) is 0.780. The smallest absolute Gasteiger partial charge is 0.243 e. The first-order valence-corrected chi connectivity index (χ1v) is 8.45. The van der Waals surface area contributed by atoms with E-state index < -0.39 is 0 Å². The van der Waals surface area contributed by atoms with Gasteiger partial charge in [0.1, 0.15) is 0 Å². The summed E-state index contributed by atoms with van der Waals surface area (Å²) in [7, 11) is 0. The van der Waals surface area contributed by atoms with Gasteiger partial charge in [0.15, 0.2) is 0 Å². The lowest BCUT2D eigenvalue weighted by Crippen LogP contribution is -2.21. The van der Waals surface area contributed by atoms with Crippen LogP contribution in [0.3, 0.4) is 0 Å². The number of carbonyl (C=O) groups excluding carboxylic acids is 1. The number of nitrogens with one attached hydrogen (secondary N) is 2. The van der Waals surface area contributed by atoms with Crippen LogP contribution in [0.5, 0.6) is 0 Å². The summed E-state index contributed by atoms with van der Waals surface area (Å²) in [5, 5.41) is 6.04. The lowest BCUT2D eigenvalue weighted by atomic mass is 9.87. The van der Waals surface area contributed by atoms with Gasteiger partial charge >= 0.3 is 0 Å². The molecule has 2 rings (SSSR count). The Balaban J connectivity index is 1.90.